The van der Waals surface area contributed by atoms with Crippen LogP contribution in [0, 0.1) is 0 Å². The summed E-state index contributed by atoms with van der Waals surface area (Å²) in [4.78, 5) is 2.57. The van der Waals surface area contributed by atoms with Crippen molar-refractivity contribution in [2.75, 3.05) is 26.7 Å². The normalized spacial score (nSPS) is 17.9. The summed E-state index contributed by atoms with van der Waals surface area (Å²) in [6, 6.07) is 8.91. The quantitative estimate of drug-likeness (QED) is 0.836. The SMILES string of the molecule is COc1ccc(CNCC(C)N2CCCC2)cc1. The van der Waals surface area contributed by atoms with Gasteiger partial charge in [-0.1, -0.05) is 12.1 Å². The molecule has 0 bridgehead atoms. The van der Waals surface area contributed by atoms with Crippen LogP contribution in [0.3, 0.4) is 0 Å². The third kappa shape index (κ3) is 3.72. The van der Waals surface area contributed by atoms with Gasteiger partial charge in [0, 0.05) is 19.1 Å². The molecule has 1 unspecified atom stereocenters. The van der Waals surface area contributed by atoms with Crippen LogP contribution < -0.4 is 10.1 Å². The van der Waals surface area contributed by atoms with Crippen molar-refractivity contribution < 1.29 is 4.74 Å². The van der Waals surface area contributed by atoms with Crippen molar-refractivity contribution >= 4 is 0 Å². The number of nitrogens with zero attached hydrogens (tertiary/aromatic N) is 1. The van der Waals surface area contributed by atoms with Crippen molar-refractivity contribution in [1.29, 1.82) is 0 Å². The average Bonchev–Trinajstić information content (AvgIpc) is 2.93. The van der Waals surface area contributed by atoms with Crippen LogP contribution >= 0.6 is 0 Å². The number of hydrogen-bond donors (Lipinski definition) is 1. The predicted molar refractivity (Wildman–Crippen MR) is 75.0 cm³/mol. The zero-order valence-electron chi connectivity index (χ0n) is 11.5. The topological polar surface area (TPSA) is 24.5 Å². The zero-order valence-corrected chi connectivity index (χ0v) is 11.5. The van der Waals surface area contributed by atoms with Crippen LogP contribution in [0.5, 0.6) is 5.75 Å². The molecular formula is C15H24N2O. The Balaban J connectivity index is 1.70. The Labute approximate surface area is 110 Å². The number of ether oxygens (including phenoxy) is 1. The molecule has 3 nitrogen and oxygen atoms in total. The van der Waals surface area contributed by atoms with Gasteiger partial charge in [-0.3, -0.25) is 4.90 Å². The van der Waals surface area contributed by atoms with Gasteiger partial charge in [-0.05, 0) is 50.6 Å². The Kier molecular flexibility index (Phi) is 5.02. The van der Waals surface area contributed by atoms with Crippen LogP contribution in [0.15, 0.2) is 24.3 Å². The van der Waals surface area contributed by atoms with Crippen molar-refractivity contribution in [3.8, 4) is 5.75 Å². The molecule has 0 saturated carbocycles. The molecule has 1 aliphatic rings. The smallest absolute Gasteiger partial charge is 0.118 e. The minimum absolute atomic E-state index is 0.644. The fraction of sp³-hybridized carbons (Fsp3) is 0.600. The summed E-state index contributed by atoms with van der Waals surface area (Å²) in [5, 5.41) is 3.53. The maximum Gasteiger partial charge on any atom is 0.118 e. The molecule has 2 rings (SSSR count). The summed E-state index contributed by atoms with van der Waals surface area (Å²) < 4.78 is 5.15. The van der Waals surface area contributed by atoms with Gasteiger partial charge in [-0.2, -0.15) is 0 Å². The molecular weight excluding hydrogens is 224 g/mol. The summed E-state index contributed by atoms with van der Waals surface area (Å²) in [5.74, 6) is 0.921. The van der Waals surface area contributed by atoms with Gasteiger partial charge < -0.3 is 10.1 Å². The Bertz CT molecular complexity index is 344. The first-order valence-corrected chi connectivity index (χ1v) is 6.87. The van der Waals surface area contributed by atoms with Crippen LogP contribution in [-0.4, -0.2) is 37.7 Å². The monoisotopic (exact) mass is 248 g/mol. The lowest BCUT2D eigenvalue weighted by Gasteiger charge is -2.23. The van der Waals surface area contributed by atoms with E-state index in [0.717, 1.165) is 18.8 Å². The standard InChI is InChI=1S/C15H24N2O/c1-13(17-9-3-4-10-17)11-16-12-14-5-7-15(18-2)8-6-14/h5-8,13,16H,3-4,9-12H2,1-2H3. The molecule has 1 fully saturated rings. The molecule has 1 aromatic rings. The van der Waals surface area contributed by atoms with Gasteiger partial charge in [-0.25, -0.2) is 0 Å². The molecule has 0 radical (unpaired) electrons. The third-order valence-corrected chi connectivity index (χ3v) is 3.69. The molecule has 0 aromatic heterocycles. The highest BCUT2D eigenvalue weighted by Crippen LogP contribution is 2.12. The molecule has 18 heavy (non-hydrogen) atoms. The van der Waals surface area contributed by atoms with Crippen LogP contribution in [-0.2, 0) is 6.54 Å². The Morgan fingerprint density at radius 3 is 2.50 bits per heavy atom. The van der Waals surface area contributed by atoms with Gasteiger partial charge in [0.15, 0.2) is 0 Å². The number of rotatable bonds is 6. The number of hydrogen-bond acceptors (Lipinski definition) is 3. The van der Waals surface area contributed by atoms with Crippen LogP contribution in [0.1, 0.15) is 25.3 Å². The number of methoxy groups -OCH3 is 1. The minimum Gasteiger partial charge on any atom is -0.497 e. The van der Waals surface area contributed by atoms with Crippen molar-refractivity contribution in [2.24, 2.45) is 0 Å². The largest absolute Gasteiger partial charge is 0.497 e. The van der Waals surface area contributed by atoms with E-state index >= 15 is 0 Å². The molecule has 0 amide bonds. The van der Waals surface area contributed by atoms with Gasteiger partial charge in [0.25, 0.3) is 0 Å². The van der Waals surface area contributed by atoms with E-state index in [2.05, 4.69) is 29.3 Å². The maximum atomic E-state index is 5.15. The first kappa shape index (κ1) is 13.4. The van der Waals surface area contributed by atoms with Crippen LogP contribution in [0.4, 0.5) is 0 Å². The highest BCUT2D eigenvalue weighted by molar-refractivity contribution is 5.26. The number of benzene rings is 1. The lowest BCUT2D eigenvalue weighted by Crippen LogP contribution is -2.38. The molecule has 1 aliphatic heterocycles. The molecule has 1 N–H and O–H groups in total. The molecule has 1 aromatic carbocycles. The minimum atomic E-state index is 0.644. The highest BCUT2D eigenvalue weighted by atomic mass is 16.5. The van der Waals surface area contributed by atoms with E-state index in [4.69, 9.17) is 4.74 Å². The van der Waals surface area contributed by atoms with E-state index in [1.54, 1.807) is 7.11 Å². The number of likely N-dealkylation sites (tertiary alicyclic amines) is 1. The van der Waals surface area contributed by atoms with E-state index in [9.17, 15) is 0 Å². The van der Waals surface area contributed by atoms with Crippen LogP contribution in [0.2, 0.25) is 0 Å². The van der Waals surface area contributed by atoms with Gasteiger partial charge in [0.05, 0.1) is 7.11 Å². The van der Waals surface area contributed by atoms with Gasteiger partial charge in [0.2, 0.25) is 0 Å². The van der Waals surface area contributed by atoms with E-state index in [0.29, 0.717) is 6.04 Å². The van der Waals surface area contributed by atoms with Crippen molar-refractivity contribution in [3.63, 3.8) is 0 Å². The Morgan fingerprint density at radius 1 is 1.22 bits per heavy atom. The molecule has 0 spiro atoms. The first-order valence-electron chi connectivity index (χ1n) is 6.87. The van der Waals surface area contributed by atoms with Crippen LogP contribution in [0.25, 0.3) is 0 Å². The van der Waals surface area contributed by atoms with Gasteiger partial charge in [0.1, 0.15) is 5.75 Å². The second-order valence-electron chi connectivity index (χ2n) is 5.07. The Morgan fingerprint density at radius 2 is 1.89 bits per heavy atom. The van der Waals surface area contributed by atoms with Crippen molar-refractivity contribution in [3.05, 3.63) is 29.8 Å². The van der Waals surface area contributed by atoms with Gasteiger partial charge in [-0.15, -0.1) is 0 Å². The van der Waals surface area contributed by atoms with E-state index < -0.39 is 0 Å². The summed E-state index contributed by atoms with van der Waals surface area (Å²) in [6.07, 6.45) is 2.73. The molecule has 1 atom stereocenters. The second-order valence-corrected chi connectivity index (χ2v) is 5.07. The third-order valence-electron chi connectivity index (χ3n) is 3.69. The summed E-state index contributed by atoms with van der Waals surface area (Å²) >= 11 is 0. The van der Waals surface area contributed by atoms with Crippen molar-refractivity contribution in [1.82, 2.24) is 10.2 Å². The van der Waals surface area contributed by atoms with E-state index in [1.807, 2.05) is 12.1 Å². The van der Waals surface area contributed by atoms with Gasteiger partial charge >= 0.3 is 0 Å². The molecule has 1 saturated heterocycles. The number of nitrogens with one attached hydrogen (secondary N) is 1. The summed E-state index contributed by atoms with van der Waals surface area (Å²) in [6.45, 7) is 6.84. The van der Waals surface area contributed by atoms with E-state index in [1.165, 1.54) is 31.5 Å². The van der Waals surface area contributed by atoms with E-state index in [-0.39, 0.29) is 0 Å². The average molecular weight is 248 g/mol. The molecule has 0 aliphatic carbocycles. The fourth-order valence-corrected chi connectivity index (χ4v) is 2.48. The lowest BCUT2D eigenvalue weighted by molar-refractivity contribution is 0.251. The second kappa shape index (κ2) is 6.76. The predicted octanol–water partition coefficient (Wildman–Crippen LogP) is 2.27. The summed E-state index contributed by atoms with van der Waals surface area (Å²) in [7, 11) is 1.70. The highest BCUT2D eigenvalue weighted by Gasteiger charge is 2.17. The van der Waals surface area contributed by atoms with Crippen molar-refractivity contribution in [2.45, 2.75) is 32.4 Å². The molecule has 1 heterocycles. The lowest BCUT2D eigenvalue weighted by atomic mass is 10.2. The molecule has 3 heteroatoms. The molecule has 100 valence electrons. The zero-order chi connectivity index (χ0) is 12.8. The fourth-order valence-electron chi connectivity index (χ4n) is 2.48. The maximum absolute atomic E-state index is 5.15. The Hall–Kier alpha value is -1.06. The summed E-state index contributed by atoms with van der Waals surface area (Å²) in [5.41, 5.74) is 1.31. The first-order chi connectivity index (χ1) is 8.79.